The van der Waals surface area contributed by atoms with Gasteiger partial charge in [-0.15, -0.1) is 0 Å². The highest BCUT2D eigenvalue weighted by molar-refractivity contribution is 7.88. The molecule has 5 heteroatoms. The van der Waals surface area contributed by atoms with Gasteiger partial charge in [-0.2, -0.15) is 0 Å². The van der Waals surface area contributed by atoms with Crippen molar-refractivity contribution in [3.05, 3.63) is 29.8 Å². The van der Waals surface area contributed by atoms with Crippen LogP contribution in [0.4, 0.5) is 5.69 Å². The van der Waals surface area contributed by atoms with Crippen molar-refractivity contribution in [2.24, 2.45) is 5.92 Å². The second-order valence-electron chi connectivity index (χ2n) is 5.52. The highest BCUT2D eigenvalue weighted by Gasteiger charge is 2.25. The Hall–Kier alpha value is -1.07. The van der Waals surface area contributed by atoms with E-state index in [4.69, 9.17) is 0 Å². The summed E-state index contributed by atoms with van der Waals surface area (Å²) in [4.78, 5) is 0. The summed E-state index contributed by atoms with van der Waals surface area (Å²) in [5.74, 6) is 0.392. The Morgan fingerprint density at radius 1 is 1.35 bits per heavy atom. The van der Waals surface area contributed by atoms with Gasteiger partial charge in [0.15, 0.2) is 0 Å². The molecule has 4 nitrogen and oxygen atoms in total. The van der Waals surface area contributed by atoms with Gasteiger partial charge in [-0.25, -0.2) is 12.7 Å². The second-order valence-corrected chi connectivity index (χ2v) is 7.50. The first-order valence-corrected chi connectivity index (χ1v) is 9.12. The van der Waals surface area contributed by atoms with Crippen LogP contribution in [0.15, 0.2) is 24.3 Å². The van der Waals surface area contributed by atoms with Crippen LogP contribution in [-0.4, -0.2) is 38.6 Å². The highest BCUT2D eigenvalue weighted by atomic mass is 32.2. The fourth-order valence-electron chi connectivity index (χ4n) is 2.75. The first-order chi connectivity index (χ1) is 9.50. The number of sulfonamides is 1. The van der Waals surface area contributed by atoms with Crippen LogP contribution >= 0.6 is 0 Å². The third-order valence-electron chi connectivity index (χ3n) is 3.93. The van der Waals surface area contributed by atoms with Crippen LogP contribution < -0.4 is 5.32 Å². The van der Waals surface area contributed by atoms with E-state index in [0.29, 0.717) is 19.0 Å². The number of piperidine rings is 1. The molecule has 2 rings (SSSR count). The van der Waals surface area contributed by atoms with Crippen molar-refractivity contribution in [3.63, 3.8) is 0 Å². The maximum absolute atomic E-state index is 11.6. The van der Waals surface area contributed by atoms with E-state index < -0.39 is 10.0 Å². The van der Waals surface area contributed by atoms with E-state index in [1.54, 1.807) is 4.31 Å². The Morgan fingerprint density at radius 2 is 2.10 bits per heavy atom. The molecule has 0 radical (unpaired) electrons. The summed E-state index contributed by atoms with van der Waals surface area (Å²) in [6.07, 6.45) is 4.35. The highest BCUT2D eigenvalue weighted by Crippen LogP contribution is 2.21. The molecule has 1 aliphatic rings. The van der Waals surface area contributed by atoms with Gasteiger partial charge in [0.05, 0.1) is 6.26 Å². The lowest BCUT2D eigenvalue weighted by molar-refractivity contribution is 0.277. The van der Waals surface area contributed by atoms with Crippen molar-refractivity contribution in [1.82, 2.24) is 4.31 Å². The summed E-state index contributed by atoms with van der Waals surface area (Å²) in [7, 11) is -3.05. The summed E-state index contributed by atoms with van der Waals surface area (Å²) in [5, 5.41) is 3.48. The minimum Gasteiger partial charge on any atom is -0.384 e. The molecule has 0 spiro atoms. The van der Waals surface area contributed by atoms with Crippen LogP contribution in [0.3, 0.4) is 0 Å². The number of hydrogen-bond donors (Lipinski definition) is 1. The molecule has 1 heterocycles. The van der Waals surface area contributed by atoms with Gasteiger partial charge >= 0.3 is 0 Å². The second kappa shape index (κ2) is 6.59. The number of para-hydroxylation sites is 1. The lowest BCUT2D eigenvalue weighted by Crippen LogP contribution is -2.41. The Morgan fingerprint density at radius 3 is 2.80 bits per heavy atom. The molecule has 1 fully saturated rings. The molecule has 1 unspecified atom stereocenters. The Balaban J connectivity index is 1.94. The molecule has 1 aromatic carbocycles. The number of nitrogens with zero attached hydrogens (tertiary/aromatic N) is 1. The number of hydrogen-bond acceptors (Lipinski definition) is 3. The van der Waals surface area contributed by atoms with E-state index in [1.807, 2.05) is 6.07 Å². The fraction of sp³-hybridized carbons (Fsp3) is 0.600. The molecule has 1 aliphatic heterocycles. The molecule has 0 amide bonds. The summed E-state index contributed by atoms with van der Waals surface area (Å²) in [6, 6.07) is 8.31. The molecule has 1 saturated heterocycles. The lowest BCUT2D eigenvalue weighted by Gasteiger charge is -2.31. The van der Waals surface area contributed by atoms with Gasteiger partial charge in [-0.3, -0.25) is 0 Å². The van der Waals surface area contributed by atoms with Gasteiger partial charge in [0.25, 0.3) is 0 Å². The fourth-order valence-corrected chi connectivity index (χ4v) is 3.69. The monoisotopic (exact) mass is 296 g/mol. The first-order valence-electron chi connectivity index (χ1n) is 7.27. The number of nitrogens with one attached hydrogen (secondary N) is 1. The summed E-state index contributed by atoms with van der Waals surface area (Å²) in [5.41, 5.74) is 2.48. The predicted octanol–water partition coefficient (Wildman–Crippen LogP) is 2.33. The normalized spacial score (nSPS) is 20.8. The van der Waals surface area contributed by atoms with E-state index in [1.165, 1.54) is 17.5 Å². The molecule has 1 atom stereocenters. The zero-order valence-corrected chi connectivity index (χ0v) is 13.1. The number of benzene rings is 1. The molecule has 0 aromatic heterocycles. The van der Waals surface area contributed by atoms with Crippen molar-refractivity contribution >= 4 is 15.7 Å². The van der Waals surface area contributed by atoms with Gasteiger partial charge in [0, 0.05) is 25.3 Å². The number of anilines is 1. The average Bonchev–Trinajstić information content (AvgIpc) is 2.45. The van der Waals surface area contributed by atoms with Crippen LogP contribution in [0.1, 0.15) is 25.3 Å². The Labute approximate surface area is 122 Å². The van der Waals surface area contributed by atoms with Gasteiger partial charge in [-0.1, -0.05) is 25.1 Å². The van der Waals surface area contributed by atoms with Gasteiger partial charge in [0.2, 0.25) is 10.0 Å². The molecular weight excluding hydrogens is 272 g/mol. The summed E-state index contributed by atoms with van der Waals surface area (Å²) >= 11 is 0. The SMILES string of the molecule is CCc1ccccc1NCC1CCCN(S(C)(=O)=O)C1. The van der Waals surface area contributed by atoms with Crippen molar-refractivity contribution in [3.8, 4) is 0 Å². The Bertz CT molecular complexity index is 543. The number of aryl methyl sites for hydroxylation is 1. The maximum atomic E-state index is 11.6. The minimum absolute atomic E-state index is 0.392. The summed E-state index contributed by atoms with van der Waals surface area (Å²) < 4.78 is 24.8. The molecule has 112 valence electrons. The molecule has 0 saturated carbocycles. The zero-order valence-electron chi connectivity index (χ0n) is 12.3. The van der Waals surface area contributed by atoms with E-state index in [0.717, 1.165) is 25.8 Å². The van der Waals surface area contributed by atoms with Gasteiger partial charge in [0.1, 0.15) is 0 Å². The lowest BCUT2D eigenvalue weighted by atomic mass is 9.99. The molecule has 0 bridgehead atoms. The van der Waals surface area contributed by atoms with Crippen molar-refractivity contribution in [1.29, 1.82) is 0 Å². The van der Waals surface area contributed by atoms with Gasteiger partial charge < -0.3 is 5.32 Å². The average molecular weight is 296 g/mol. The van der Waals surface area contributed by atoms with Crippen LogP contribution in [0.25, 0.3) is 0 Å². The van der Waals surface area contributed by atoms with E-state index >= 15 is 0 Å². The third-order valence-corrected chi connectivity index (χ3v) is 5.20. The van der Waals surface area contributed by atoms with Crippen LogP contribution in [-0.2, 0) is 16.4 Å². The zero-order chi connectivity index (χ0) is 14.6. The minimum atomic E-state index is -3.05. The molecule has 1 aromatic rings. The smallest absolute Gasteiger partial charge is 0.211 e. The van der Waals surface area contributed by atoms with E-state index in [-0.39, 0.29) is 0 Å². The van der Waals surface area contributed by atoms with E-state index in [9.17, 15) is 8.42 Å². The topological polar surface area (TPSA) is 49.4 Å². The molecular formula is C15H24N2O2S. The van der Waals surface area contributed by atoms with Crippen LogP contribution in [0.2, 0.25) is 0 Å². The first kappa shape index (κ1) is 15.3. The van der Waals surface area contributed by atoms with Crippen LogP contribution in [0, 0.1) is 5.92 Å². The van der Waals surface area contributed by atoms with E-state index in [2.05, 4.69) is 30.4 Å². The largest absolute Gasteiger partial charge is 0.384 e. The maximum Gasteiger partial charge on any atom is 0.211 e. The van der Waals surface area contributed by atoms with Crippen molar-refractivity contribution < 1.29 is 8.42 Å². The number of rotatable bonds is 5. The van der Waals surface area contributed by atoms with Gasteiger partial charge in [-0.05, 0) is 36.8 Å². The third kappa shape index (κ3) is 3.96. The molecule has 1 N–H and O–H groups in total. The predicted molar refractivity (Wildman–Crippen MR) is 83.5 cm³/mol. The van der Waals surface area contributed by atoms with Crippen molar-refractivity contribution in [2.45, 2.75) is 26.2 Å². The molecule has 20 heavy (non-hydrogen) atoms. The molecule has 0 aliphatic carbocycles. The summed E-state index contributed by atoms with van der Waals surface area (Å²) in [6.45, 7) is 4.29. The Kier molecular flexibility index (Phi) is 5.05. The van der Waals surface area contributed by atoms with Crippen LogP contribution in [0.5, 0.6) is 0 Å². The quantitative estimate of drug-likeness (QED) is 0.907. The van der Waals surface area contributed by atoms with Crippen molar-refractivity contribution in [2.75, 3.05) is 31.2 Å². The standard InChI is InChI=1S/C15H24N2O2S/c1-3-14-8-4-5-9-15(14)16-11-13-7-6-10-17(12-13)20(2,18)19/h4-5,8-9,13,16H,3,6-7,10-12H2,1-2H3.